The Balaban J connectivity index is 1.72. The largest absolute Gasteiger partial charge is 0.482 e. The van der Waals surface area contributed by atoms with Crippen molar-refractivity contribution in [3.05, 3.63) is 41.2 Å². The van der Waals surface area contributed by atoms with Gasteiger partial charge in [0.2, 0.25) is 0 Å². The topological polar surface area (TPSA) is 79.9 Å². The van der Waals surface area contributed by atoms with Crippen molar-refractivity contribution in [1.82, 2.24) is 20.5 Å². The summed E-state index contributed by atoms with van der Waals surface area (Å²) in [5.74, 6) is 0.190. The van der Waals surface area contributed by atoms with Crippen molar-refractivity contribution in [2.45, 2.75) is 6.42 Å². The number of H-pyrrole nitrogens is 1. The van der Waals surface area contributed by atoms with Gasteiger partial charge in [-0.3, -0.25) is 9.89 Å². The lowest BCUT2D eigenvalue weighted by atomic mass is 10.3. The molecule has 1 aromatic carbocycles. The molecule has 6 nitrogen and oxygen atoms in total. The number of carbonyl (C=O) groups excluding carboxylic acids is 1. The number of aromatic amines is 1. The third-order valence-electron chi connectivity index (χ3n) is 2.40. The summed E-state index contributed by atoms with van der Waals surface area (Å²) in [6, 6.07) is 3.71. The maximum absolute atomic E-state index is 12.8. The molecule has 0 aliphatic heterocycles. The highest BCUT2D eigenvalue weighted by Crippen LogP contribution is 2.24. The number of hydrogen-bond acceptors (Lipinski definition) is 4. The number of hydrogen-bond donors (Lipinski definition) is 2. The van der Waals surface area contributed by atoms with E-state index in [1.165, 1.54) is 18.5 Å². The van der Waals surface area contributed by atoms with Gasteiger partial charge in [0.1, 0.15) is 23.7 Å². The first-order valence-corrected chi connectivity index (χ1v) is 6.22. The minimum atomic E-state index is -0.459. The highest BCUT2D eigenvalue weighted by molar-refractivity contribution is 6.32. The van der Waals surface area contributed by atoms with Crippen molar-refractivity contribution in [2.24, 2.45) is 0 Å². The van der Waals surface area contributed by atoms with E-state index in [9.17, 15) is 9.18 Å². The van der Waals surface area contributed by atoms with Crippen LogP contribution in [0.25, 0.3) is 0 Å². The molecule has 0 fully saturated rings. The van der Waals surface area contributed by atoms with Gasteiger partial charge in [-0.25, -0.2) is 9.37 Å². The summed E-state index contributed by atoms with van der Waals surface area (Å²) in [5, 5.41) is 9.16. The third-order valence-corrected chi connectivity index (χ3v) is 2.70. The Morgan fingerprint density at radius 3 is 3.05 bits per heavy atom. The number of rotatable bonds is 6. The SMILES string of the molecule is O=C(COc1ccc(F)cc1Cl)NCCc1ncn[nH]1. The maximum atomic E-state index is 12.8. The highest BCUT2D eigenvalue weighted by atomic mass is 35.5. The first kappa shape index (κ1) is 14.3. The van der Waals surface area contributed by atoms with Crippen LogP contribution in [0.3, 0.4) is 0 Å². The molecule has 20 heavy (non-hydrogen) atoms. The van der Waals surface area contributed by atoms with E-state index in [-0.39, 0.29) is 23.3 Å². The van der Waals surface area contributed by atoms with Crippen LogP contribution in [-0.4, -0.2) is 34.2 Å². The second kappa shape index (κ2) is 6.85. The lowest BCUT2D eigenvalue weighted by Gasteiger charge is -2.08. The Hall–Kier alpha value is -2.15. The van der Waals surface area contributed by atoms with Gasteiger partial charge in [0.05, 0.1) is 5.02 Å². The molecule has 106 valence electrons. The van der Waals surface area contributed by atoms with E-state index in [1.807, 2.05) is 0 Å². The molecule has 1 aromatic heterocycles. The van der Waals surface area contributed by atoms with Crippen molar-refractivity contribution >= 4 is 17.5 Å². The van der Waals surface area contributed by atoms with Gasteiger partial charge >= 0.3 is 0 Å². The Morgan fingerprint density at radius 2 is 2.35 bits per heavy atom. The summed E-state index contributed by atoms with van der Waals surface area (Å²) in [6.07, 6.45) is 1.94. The van der Waals surface area contributed by atoms with Crippen LogP contribution in [-0.2, 0) is 11.2 Å². The molecule has 2 N–H and O–H groups in total. The van der Waals surface area contributed by atoms with Crippen LogP contribution in [0.2, 0.25) is 5.02 Å². The van der Waals surface area contributed by atoms with E-state index in [1.54, 1.807) is 0 Å². The number of amides is 1. The Labute approximate surface area is 119 Å². The lowest BCUT2D eigenvalue weighted by Crippen LogP contribution is -2.30. The van der Waals surface area contributed by atoms with E-state index in [0.717, 1.165) is 6.07 Å². The van der Waals surface area contributed by atoms with Gasteiger partial charge in [0.25, 0.3) is 5.91 Å². The van der Waals surface area contributed by atoms with Crippen molar-refractivity contribution in [1.29, 1.82) is 0 Å². The third kappa shape index (κ3) is 4.20. The van der Waals surface area contributed by atoms with Crippen LogP contribution >= 0.6 is 11.6 Å². The van der Waals surface area contributed by atoms with Gasteiger partial charge in [-0.2, -0.15) is 5.10 Å². The van der Waals surface area contributed by atoms with Crippen LogP contribution in [0, 0.1) is 5.82 Å². The van der Waals surface area contributed by atoms with E-state index in [4.69, 9.17) is 16.3 Å². The molecule has 0 aliphatic carbocycles. The maximum Gasteiger partial charge on any atom is 0.257 e. The molecule has 0 spiro atoms. The van der Waals surface area contributed by atoms with Crippen molar-refractivity contribution in [3.63, 3.8) is 0 Å². The van der Waals surface area contributed by atoms with Gasteiger partial charge in [-0.05, 0) is 18.2 Å². The summed E-state index contributed by atoms with van der Waals surface area (Å²) >= 11 is 5.77. The second-order valence-electron chi connectivity index (χ2n) is 3.90. The van der Waals surface area contributed by atoms with Crippen LogP contribution in [0.15, 0.2) is 24.5 Å². The second-order valence-corrected chi connectivity index (χ2v) is 4.30. The standard InChI is InChI=1S/C12H12ClFN4O2/c13-9-5-8(14)1-2-10(9)20-6-12(19)15-4-3-11-16-7-17-18-11/h1-2,5,7H,3-4,6H2,(H,15,19)(H,16,17,18). The monoisotopic (exact) mass is 298 g/mol. The van der Waals surface area contributed by atoms with Crippen LogP contribution in [0.5, 0.6) is 5.75 Å². The lowest BCUT2D eigenvalue weighted by molar-refractivity contribution is -0.123. The Morgan fingerprint density at radius 1 is 1.50 bits per heavy atom. The van der Waals surface area contributed by atoms with E-state index < -0.39 is 5.82 Å². The first-order chi connectivity index (χ1) is 9.65. The predicted molar refractivity (Wildman–Crippen MR) is 70.0 cm³/mol. The zero-order valence-electron chi connectivity index (χ0n) is 10.4. The van der Waals surface area contributed by atoms with Gasteiger partial charge in [0, 0.05) is 13.0 Å². The Kier molecular flexibility index (Phi) is 4.89. The fraction of sp³-hybridized carbons (Fsp3) is 0.250. The van der Waals surface area contributed by atoms with E-state index >= 15 is 0 Å². The van der Waals surface area contributed by atoms with Crippen molar-refractivity contribution < 1.29 is 13.9 Å². The molecule has 0 atom stereocenters. The van der Waals surface area contributed by atoms with Gasteiger partial charge < -0.3 is 10.1 Å². The molecule has 0 radical (unpaired) electrons. The average molecular weight is 299 g/mol. The smallest absolute Gasteiger partial charge is 0.257 e. The fourth-order valence-corrected chi connectivity index (χ4v) is 1.68. The molecule has 1 amide bonds. The summed E-state index contributed by atoms with van der Waals surface area (Å²) in [4.78, 5) is 15.4. The zero-order chi connectivity index (χ0) is 14.4. The molecule has 2 aromatic rings. The van der Waals surface area contributed by atoms with Gasteiger partial charge in [0.15, 0.2) is 6.61 Å². The summed E-state index contributed by atoms with van der Waals surface area (Å²) in [6.45, 7) is 0.219. The summed E-state index contributed by atoms with van der Waals surface area (Å²) < 4.78 is 18.0. The zero-order valence-corrected chi connectivity index (χ0v) is 11.2. The molecule has 1 heterocycles. The minimum Gasteiger partial charge on any atom is -0.482 e. The van der Waals surface area contributed by atoms with Crippen LogP contribution in [0.1, 0.15) is 5.82 Å². The van der Waals surface area contributed by atoms with Crippen LogP contribution < -0.4 is 10.1 Å². The number of nitrogens with one attached hydrogen (secondary N) is 2. The molecule has 8 heteroatoms. The number of nitrogens with zero attached hydrogens (tertiary/aromatic N) is 2. The summed E-state index contributed by atoms with van der Waals surface area (Å²) in [7, 11) is 0. The number of ether oxygens (including phenoxy) is 1. The minimum absolute atomic E-state index is 0.124. The van der Waals surface area contributed by atoms with Crippen LogP contribution in [0.4, 0.5) is 4.39 Å². The fourth-order valence-electron chi connectivity index (χ4n) is 1.46. The normalized spacial score (nSPS) is 10.3. The number of benzene rings is 1. The molecular formula is C12H12ClFN4O2. The molecule has 2 rings (SSSR count). The summed E-state index contributed by atoms with van der Waals surface area (Å²) in [5.41, 5.74) is 0. The van der Waals surface area contributed by atoms with E-state index in [2.05, 4.69) is 20.5 Å². The highest BCUT2D eigenvalue weighted by Gasteiger charge is 2.07. The average Bonchev–Trinajstić information content (AvgIpc) is 2.91. The molecule has 0 bridgehead atoms. The van der Waals surface area contributed by atoms with Gasteiger partial charge in [-0.1, -0.05) is 11.6 Å². The predicted octanol–water partition coefficient (Wildman–Crippen LogP) is 1.33. The first-order valence-electron chi connectivity index (χ1n) is 5.84. The van der Waals surface area contributed by atoms with E-state index in [0.29, 0.717) is 18.8 Å². The number of aromatic nitrogens is 3. The van der Waals surface area contributed by atoms with Crippen molar-refractivity contribution in [2.75, 3.05) is 13.2 Å². The molecule has 0 unspecified atom stereocenters. The molecular weight excluding hydrogens is 287 g/mol. The molecule has 0 aliphatic rings. The van der Waals surface area contributed by atoms with Crippen molar-refractivity contribution in [3.8, 4) is 5.75 Å². The van der Waals surface area contributed by atoms with Gasteiger partial charge in [-0.15, -0.1) is 0 Å². The molecule has 0 saturated heterocycles. The number of halogens is 2. The Bertz CT molecular complexity index is 577. The quantitative estimate of drug-likeness (QED) is 0.843. The number of carbonyl (C=O) groups is 1. The molecule has 0 saturated carbocycles.